The maximum Gasteiger partial charge on any atom is 0.264 e. The van der Waals surface area contributed by atoms with Crippen LogP contribution < -0.4 is 10.0 Å². The summed E-state index contributed by atoms with van der Waals surface area (Å²) in [5.74, 6) is 0. The first kappa shape index (κ1) is 15.9. The Morgan fingerprint density at radius 1 is 1.13 bits per heavy atom. The Balaban J connectivity index is 2.00. The molecular formula is C18H22N2O2S. The van der Waals surface area contributed by atoms with E-state index >= 15 is 0 Å². The number of benzene rings is 2. The third-order valence-corrected chi connectivity index (χ3v) is 6.12. The van der Waals surface area contributed by atoms with Crippen molar-refractivity contribution in [1.82, 2.24) is 0 Å². The fraction of sp³-hybridized carbons (Fsp3) is 0.333. The summed E-state index contributed by atoms with van der Waals surface area (Å²) in [7, 11) is -3.55. The number of fused-ring (bicyclic) bond motifs is 1. The molecule has 4 nitrogen and oxygen atoms in total. The van der Waals surface area contributed by atoms with Crippen molar-refractivity contribution in [2.75, 3.05) is 16.6 Å². The number of sulfonamides is 1. The largest absolute Gasteiger partial charge is 0.398 e. The fourth-order valence-electron chi connectivity index (χ4n) is 3.11. The molecule has 2 aromatic rings. The summed E-state index contributed by atoms with van der Waals surface area (Å²) in [6.07, 6.45) is 3.62. The molecule has 1 heterocycles. The summed E-state index contributed by atoms with van der Waals surface area (Å²) in [6, 6.07) is 12.7. The molecule has 0 aliphatic carbocycles. The van der Waals surface area contributed by atoms with E-state index in [4.69, 9.17) is 5.73 Å². The highest BCUT2D eigenvalue weighted by Crippen LogP contribution is 2.34. The van der Waals surface area contributed by atoms with Gasteiger partial charge in [0, 0.05) is 12.2 Å². The maximum absolute atomic E-state index is 13.0. The van der Waals surface area contributed by atoms with Crippen LogP contribution >= 0.6 is 0 Å². The molecule has 1 aliphatic rings. The van der Waals surface area contributed by atoms with Crippen molar-refractivity contribution in [3.63, 3.8) is 0 Å². The van der Waals surface area contributed by atoms with E-state index in [0.717, 1.165) is 36.8 Å². The van der Waals surface area contributed by atoms with E-state index in [9.17, 15) is 8.42 Å². The summed E-state index contributed by atoms with van der Waals surface area (Å²) >= 11 is 0. The van der Waals surface area contributed by atoms with E-state index in [1.807, 2.05) is 30.3 Å². The molecule has 0 amide bonds. The Morgan fingerprint density at radius 2 is 1.87 bits per heavy atom. The van der Waals surface area contributed by atoms with Crippen molar-refractivity contribution in [1.29, 1.82) is 0 Å². The van der Waals surface area contributed by atoms with Crippen molar-refractivity contribution >= 4 is 21.4 Å². The predicted molar refractivity (Wildman–Crippen MR) is 94.1 cm³/mol. The second-order valence-corrected chi connectivity index (χ2v) is 7.78. The van der Waals surface area contributed by atoms with Gasteiger partial charge in [-0.25, -0.2) is 8.42 Å². The van der Waals surface area contributed by atoms with Gasteiger partial charge in [0.25, 0.3) is 10.0 Å². The minimum Gasteiger partial charge on any atom is -0.398 e. The van der Waals surface area contributed by atoms with E-state index in [1.165, 1.54) is 4.31 Å². The Morgan fingerprint density at radius 3 is 2.57 bits per heavy atom. The molecule has 2 N–H and O–H groups in total. The lowest BCUT2D eigenvalue weighted by molar-refractivity contribution is 0.586. The van der Waals surface area contributed by atoms with Crippen LogP contribution in [0.15, 0.2) is 47.4 Å². The standard InChI is InChI=1S/C18H22N2O2S/c1-2-5-14-9-11-15(12-10-14)23(21,22)20-13-4-6-16-17(19)7-3-8-18(16)20/h3,7-12H,2,4-6,13,19H2,1H3. The van der Waals surface area contributed by atoms with Crippen LogP contribution in [0.3, 0.4) is 0 Å². The van der Waals surface area contributed by atoms with E-state index < -0.39 is 10.0 Å². The lowest BCUT2D eigenvalue weighted by atomic mass is 10.0. The Hall–Kier alpha value is -2.01. The van der Waals surface area contributed by atoms with E-state index in [-0.39, 0.29) is 0 Å². The van der Waals surface area contributed by atoms with Gasteiger partial charge in [0.1, 0.15) is 0 Å². The zero-order valence-corrected chi connectivity index (χ0v) is 14.1. The average Bonchev–Trinajstić information content (AvgIpc) is 2.55. The van der Waals surface area contributed by atoms with Gasteiger partial charge in [-0.1, -0.05) is 31.5 Å². The number of hydrogen-bond acceptors (Lipinski definition) is 3. The van der Waals surface area contributed by atoms with Gasteiger partial charge in [0.05, 0.1) is 10.6 Å². The Labute approximate surface area is 138 Å². The monoisotopic (exact) mass is 330 g/mol. The van der Waals surface area contributed by atoms with E-state index in [0.29, 0.717) is 22.8 Å². The molecule has 0 saturated heterocycles. The second kappa shape index (κ2) is 6.24. The maximum atomic E-state index is 13.0. The first-order chi connectivity index (χ1) is 11.0. The molecule has 5 heteroatoms. The summed E-state index contributed by atoms with van der Waals surface area (Å²) in [6.45, 7) is 2.61. The average molecular weight is 330 g/mol. The fourth-order valence-corrected chi connectivity index (χ4v) is 4.65. The van der Waals surface area contributed by atoms with Crippen LogP contribution in [0.5, 0.6) is 0 Å². The first-order valence-corrected chi connectivity index (χ1v) is 9.47. The van der Waals surface area contributed by atoms with Crippen LogP contribution in [-0.2, 0) is 22.9 Å². The Kier molecular flexibility index (Phi) is 4.31. The third kappa shape index (κ3) is 2.93. The number of nitrogens with two attached hydrogens (primary N) is 1. The van der Waals surface area contributed by atoms with Gasteiger partial charge >= 0.3 is 0 Å². The van der Waals surface area contributed by atoms with Crippen LogP contribution in [0.1, 0.15) is 30.9 Å². The molecule has 0 aromatic heterocycles. The van der Waals surface area contributed by atoms with Crippen molar-refractivity contribution in [2.45, 2.75) is 37.5 Å². The van der Waals surface area contributed by atoms with E-state index in [1.54, 1.807) is 12.1 Å². The minimum atomic E-state index is -3.55. The van der Waals surface area contributed by atoms with Gasteiger partial charge in [-0.15, -0.1) is 0 Å². The van der Waals surface area contributed by atoms with Gasteiger partial charge < -0.3 is 5.73 Å². The molecule has 1 aliphatic heterocycles. The van der Waals surface area contributed by atoms with Crippen molar-refractivity contribution in [2.24, 2.45) is 0 Å². The number of aryl methyl sites for hydroxylation is 1. The predicted octanol–water partition coefficient (Wildman–Crippen LogP) is 3.36. The molecular weight excluding hydrogens is 308 g/mol. The lowest BCUT2D eigenvalue weighted by Crippen LogP contribution is -2.35. The van der Waals surface area contributed by atoms with Crippen LogP contribution in [0.25, 0.3) is 0 Å². The highest BCUT2D eigenvalue weighted by atomic mass is 32.2. The summed E-state index contributed by atoms with van der Waals surface area (Å²) in [5, 5.41) is 0. The van der Waals surface area contributed by atoms with Gasteiger partial charge in [-0.3, -0.25) is 4.31 Å². The second-order valence-electron chi connectivity index (χ2n) is 5.92. The number of anilines is 2. The van der Waals surface area contributed by atoms with Gasteiger partial charge in [0.2, 0.25) is 0 Å². The molecule has 0 bridgehead atoms. The molecule has 2 aromatic carbocycles. The van der Waals surface area contributed by atoms with Gasteiger partial charge in [0.15, 0.2) is 0 Å². The SMILES string of the molecule is CCCc1ccc(S(=O)(=O)N2CCCc3c(N)cccc32)cc1. The summed E-state index contributed by atoms with van der Waals surface area (Å²) in [4.78, 5) is 0.340. The van der Waals surface area contributed by atoms with Gasteiger partial charge in [-0.2, -0.15) is 0 Å². The molecule has 0 radical (unpaired) electrons. The first-order valence-electron chi connectivity index (χ1n) is 8.03. The van der Waals surface area contributed by atoms with Crippen molar-refractivity contribution in [3.8, 4) is 0 Å². The van der Waals surface area contributed by atoms with E-state index in [2.05, 4.69) is 6.92 Å². The molecule has 0 fully saturated rings. The molecule has 0 spiro atoms. The minimum absolute atomic E-state index is 0.340. The van der Waals surface area contributed by atoms with Crippen LogP contribution in [0, 0.1) is 0 Å². The highest BCUT2D eigenvalue weighted by Gasteiger charge is 2.29. The number of nitrogens with zero attached hydrogens (tertiary/aromatic N) is 1. The zero-order valence-electron chi connectivity index (χ0n) is 13.3. The topological polar surface area (TPSA) is 63.4 Å². The quantitative estimate of drug-likeness (QED) is 0.874. The van der Waals surface area contributed by atoms with Crippen molar-refractivity contribution < 1.29 is 8.42 Å². The molecule has 122 valence electrons. The van der Waals surface area contributed by atoms with Gasteiger partial charge in [-0.05, 0) is 54.7 Å². The lowest BCUT2D eigenvalue weighted by Gasteiger charge is -2.31. The molecule has 3 rings (SSSR count). The highest BCUT2D eigenvalue weighted by molar-refractivity contribution is 7.92. The van der Waals surface area contributed by atoms with Crippen LogP contribution in [0.2, 0.25) is 0 Å². The number of hydrogen-bond donors (Lipinski definition) is 1. The molecule has 0 atom stereocenters. The smallest absolute Gasteiger partial charge is 0.264 e. The molecule has 0 saturated carbocycles. The van der Waals surface area contributed by atoms with Crippen LogP contribution in [0.4, 0.5) is 11.4 Å². The summed E-state index contributed by atoms with van der Waals surface area (Å²) in [5.41, 5.74) is 9.50. The third-order valence-electron chi connectivity index (χ3n) is 4.29. The normalized spacial score (nSPS) is 14.6. The Bertz CT molecular complexity index is 798. The summed E-state index contributed by atoms with van der Waals surface area (Å²) < 4.78 is 27.5. The molecule has 23 heavy (non-hydrogen) atoms. The zero-order chi connectivity index (χ0) is 16.4. The van der Waals surface area contributed by atoms with Crippen molar-refractivity contribution in [3.05, 3.63) is 53.6 Å². The van der Waals surface area contributed by atoms with Crippen LogP contribution in [-0.4, -0.2) is 15.0 Å². The molecule has 0 unspecified atom stereocenters. The number of nitrogen functional groups attached to an aromatic ring is 1. The number of rotatable bonds is 4.